The first-order valence-electron chi connectivity index (χ1n) is 5.56. The second-order valence-electron chi connectivity index (χ2n) is 4.63. The van der Waals surface area contributed by atoms with Crippen molar-refractivity contribution in [2.24, 2.45) is 5.92 Å². The Morgan fingerprint density at radius 1 is 1.31 bits per heavy atom. The number of aryl methyl sites for hydroxylation is 2. The fraction of sp³-hybridized carbons (Fsp3) is 0.462. The largest absolute Gasteiger partial charge is 0.398 e. The molecule has 0 atom stereocenters. The molecule has 1 aromatic rings. The molecule has 0 unspecified atom stereocenters. The number of hydrogen-bond donors (Lipinski definition) is 2. The molecule has 0 aliphatic carbocycles. The molecule has 0 aliphatic rings. The van der Waals surface area contributed by atoms with Gasteiger partial charge in [-0.25, -0.2) is 0 Å². The Kier molecular flexibility index (Phi) is 3.93. The van der Waals surface area contributed by atoms with Crippen molar-refractivity contribution in [2.45, 2.75) is 27.7 Å². The van der Waals surface area contributed by atoms with E-state index in [9.17, 15) is 4.79 Å². The van der Waals surface area contributed by atoms with Crippen LogP contribution in [0.1, 0.15) is 35.3 Å². The summed E-state index contributed by atoms with van der Waals surface area (Å²) in [6, 6.07) is 3.69. The van der Waals surface area contributed by atoms with Gasteiger partial charge < -0.3 is 11.1 Å². The van der Waals surface area contributed by atoms with E-state index in [0.717, 1.165) is 11.1 Å². The van der Waals surface area contributed by atoms with Crippen LogP contribution in [-0.2, 0) is 0 Å². The number of nitrogens with two attached hydrogens (primary N) is 1. The lowest BCUT2D eigenvalue weighted by Crippen LogP contribution is -2.28. The number of benzene rings is 1. The van der Waals surface area contributed by atoms with Gasteiger partial charge in [0.05, 0.1) is 0 Å². The highest BCUT2D eigenvalue weighted by atomic mass is 16.1. The second-order valence-corrected chi connectivity index (χ2v) is 4.63. The maximum absolute atomic E-state index is 11.9. The van der Waals surface area contributed by atoms with Gasteiger partial charge in [0.25, 0.3) is 5.91 Å². The Morgan fingerprint density at radius 2 is 1.94 bits per heavy atom. The lowest BCUT2D eigenvalue weighted by molar-refractivity contribution is 0.0948. The molecular weight excluding hydrogens is 200 g/mol. The average Bonchev–Trinajstić information content (AvgIpc) is 2.20. The van der Waals surface area contributed by atoms with Gasteiger partial charge >= 0.3 is 0 Å². The standard InChI is InChI=1S/C13H20N2O/c1-8(2)7-15-13(16)11-6-12(14)10(4)5-9(11)3/h5-6,8H,7,14H2,1-4H3,(H,15,16). The third kappa shape index (κ3) is 2.99. The second kappa shape index (κ2) is 5.01. The number of carbonyl (C=O) groups excluding carboxylic acids is 1. The van der Waals surface area contributed by atoms with Gasteiger partial charge in [-0.3, -0.25) is 4.79 Å². The Hall–Kier alpha value is -1.51. The number of anilines is 1. The molecular formula is C13H20N2O. The van der Waals surface area contributed by atoms with Gasteiger partial charge in [0.15, 0.2) is 0 Å². The van der Waals surface area contributed by atoms with Crippen molar-refractivity contribution in [1.82, 2.24) is 5.32 Å². The van der Waals surface area contributed by atoms with E-state index in [0.29, 0.717) is 23.7 Å². The number of carbonyl (C=O) groups is 1. The normalized spacial score (nSPS) is 10.6. The smallest absolute Gasteiger partial charge is 0.251 e. The molecule has 0 bridgehead atoms. The van der Waals surface area contributed by atoms with E-state index in [-0.39, 0.29) is 5.91 Å². The molecule has 3 nitrogen and oxygen atoms in total. The first kappa shape index (κ1) is 12.6. The molecule has 0 radical (unpaired) electrons. The van der Waals surface area contributed by atoms with Crippen LogP contribution in [0.2, 0.25) is 0 Å². The van der Waals surface area contributed by atoms with Crippen LogP contribution in [0.5, 0.6) is 0 Å². The summed E-state index contributed by atoms with van der Waals surface area (Å²) in [4.78, 5) is 11.9. The zero-order chi connectivity index (χ0) is 12.3. The minimum absolute atomic E-state index is 0.0436. The van der Waals surface area contributed by atoms with E-state index in [2.05, 4.69) is 19.2 Å². The van der Waals surface area contributed by atoms with Gasteiger partial charge in [-0.15, -0.1) is 0 Å². The zero-order valence-electron chi connectivity index (χ0n) is 10.4. The molecule has 0 saturated carbocycles. The van der Waals surface area contributed by atoms with Crippen molar-refractivity contribution < 1.29 is 4.79 Å². The Balaban J connectivity index is 2.87. The summed E-state index contributed by atoms with van der Waals surface area (Å²) in [5.74, 6) is 0.407. The monoisotopic (exact) mass is 220 g/mol. The summed E-state index contributed by atoms with van der Waals surface area (Å²) in [6.45, 7) is 8.69. The van der Waals surface area contributed by atoms with Crippen molar-refractivity contribution in [1.29, 1.82) is 0 Å². The van der Waals surface area contributed by atoms with Crippen molar-refractivity contribution in [3.05, 3.63) is 28.8 Å². The molecule has 16 heavy (non-hydrogen) atoms. The SMILES string of the molecule is Cc1cc(C)c(C(=O)NCC(C)C)cc1N. The lowest BCUT2D eigenvalue weighted by atomic mass is 10.0. The van der Waals surface area contributed by atoms with Crippen LogP contribution >= 0.6 is 0 Å². The molecule has 0 heterocycles. The summed E-state index contributed by atoms with van der Waals surface area (Å²) >= 11 is 0. The number of nitrogens with one attached hydrogen (secondary N) is 1. The molecule has 1 amide bonds. The van der Waals surface area contributed by atoms with E-state index in [4.69, 9.17) is 5.73 Å². The average molecular weight is 220 g/mol. The highest BCUT2D eigenvalue weighted by Gasteiger charge is 2.10. The van der Waals surface area contributed by atoms with Gasteiger partial charge in [-0.05, 0) is 37.0 Å². The van der Waals surface area contributed by atoms with E-state index in [1.807, 2.05) is 19.9 Å². The molecule has 88 valence electrons. The van der Waals surface area contributed by atoms with Gasteiger partial charge in [-0.1, -0.05) is 19.9 Å². The summed E-state index contributed by atoms with van der Waals surface area (Å²) < 4.78 is 0. The molecule has 0 aliphatic heterocycles. The first-order chi connectivity index (χ1) is 7.41. The van der Waals surface area contributed by atoms with Gasteiger partial charge in [0.2, 0.25) is 0 Å². The van der Waals surface area contributed by atoms with Crippen LogP contribution in [-0.4, -0.2) is 12.5 Å². The third-order valence-corrected chi connectivity index (χ3v) is 2.53. The predicted molar refractivity (Wildman–Crippen MR) is 67.5 cm³/mol. The molecule has 1 aromatic carbocycles. The van der Waals surface area contributed by atoms with Crippen molar-refractivity contribution in [2.75, 3.05) is 12.3 Å². The van der Waals surface area contributed by atoms with Gasteiger partial charge in [0, 0.05) is 17.8 Å². The third-order valence-electron chi connectivity index (χ3n) is 2.53. The van der Waals surface area contributed by atoms with E-state index in [1.54, 1.807) is 6.07 Å². The van der Waals surface area contributed by atoms with E-state index in [1.165, 1.54) is 0 Å². The van der Waals surface area contributed by atoms with Gasteiger partial charge in [-0.2, -0.15) is 0 Å². The van der Waals surface area contributed by atoms with Crippen LogP contribution in [0.4, 0.5) is 5.69 Å². The number of hydrogen-bond acceptors (Lipinski definition) is 2. The Bertz CT molecular complexity index is 397. The predicted octanol–water partition coefficient (Wildman–Crippen LogP) is 2.27. The maximum atomic E-state index is 11.9. The molecule has 3 heteroatoms. The molecule has 0 spiro atoms. The molecule has 0 aromatic heterocycles. The Morgan fingerprint density at radius 3 is 2.50 bits per heavy atom. The molecule has 0 saturated heterocycles. The number of amides is 1. The molecule has 0 fully saturated rings. The van der Waals surface area contributed by atoms with Crippen molar-refractivity contribution in [3.8, 4) is 0 Å². The fourth-order valence-corrected chi connectivity index (χ4v) is 1.51. The van der Waals surface area contributed by atoms with Crippen molar-refractivity contribution >= 4 is 11.6 Å². The van der Waals surface area contributed by atoms with Crippen molar-refractivity contribution in [3.63, 3.8) is 0 Å². The minimum Gasteiger partial charge on any atom is -0.398 e. The quantitative estimate of drug-likeness (QED) is 0.768. The summed E-state index contributed by atoms with van der Waals surface area (Å²) in [7, 11) is 0. The van der Waals surface area contributed by atoms with Crippen LogP contribution in [0, 0.1) is 19.8 Å². The van der Waals surface area contributed by atoms with Gasteiger partial charge in [0.1, 0.15) is 0 Å². The lowest BCUT2D eigenvalue weighted by Gasteiger charge is -2.11. The summed E-state index contributed by atoms with van der Waals surface area (Å²) in [5, 5.41) is 2.89. The minimum atomic E-state index is -0.0436. The molecule has 1 rings (SSSR count). The summed E-state index contributed by atoms with van der Waals surface area (Å²) in [5.41, 5.74) is 9.12. The van der Waals surface area contributed by atoms with E-state index >= 15 is 0 Å². The number of rotatable bonds is 3. The number of nitrogen functional groups attached to an aromatic ring is 1. The van der Waals surface area contributed by atoms with E-state index < -0.39 is 0 Å². The summed E-state index contributed by atoms with van der Waals surface area (Å²) in [6.07, 6.45) is 0. The van der Waals surface area contributed by atoms with Crippen LogP contribution in [0.15, 0.2) is 12.1 Å². The first-order valence-corrected chi connectivity index (χ1v) is 5.56. The highest BCUT2D eigenvalue weighted by Crippen LogP contribution is 2.17. The fourth-order valence-electron chi connectivity index (χ4n) is 1.51. The Labute approximate surface area is 97.0 Å². The maximum Gasteiger partial charge on any atom is 0.251 e. The molecule has 3 N–H and O–H groups in total. The van der Waals surface area contributed by atoms with Crippen LogP contribution < -0.4 is 11.1 Å². The zero-order valence-corrected chi connectivity index (χ0v) is 10.4. The van der Waals surface area contributed by atoms with Crippen LogP contribution in [0.25, 0.3) is 0 Å². The van der Waals surface area contributed by atoms with Crippen LogP contribution in [0.3, 0.4) is 0 Å². The highest BCUT2D eigenvalue weighted by molar-refractivity contribution is 5.96. The topological polar surface area (TPSA) is 55.1 Å².